The lowest BCUT2D eigenvalue weighted by atomic mass is 10.1. The van der Waals surface area contributed by atoms with E-state index < -0.39 is 5.97 Å². The molecule has 0 saturated carbocycles. The van der Waals surface area contributed by atoms with Crippen LogP contribution in [0.1, 0.15) is 46.0 Å². The summed E-state index contributed by atoms with van der Waals surface area (Å²) in [7, 11) is 1.72. The molecule has 0 aromatic heterocycles. The van der Waals surface area contributed by atoms with Crippen molar-refractivity contribution in [1.82, 2.24) is 10.2 Å². The van der Waals surface area contributed by atoms with Gasteiger partial charge in [0.1, 0.15) is 5.75 Å². The third-order valence-electron chi connectivity index (χ3n) is 4.37. The minimum atomic E-state index is -0.841. The first-order valence-electron chi connectivity index (χ1n) is 9.48. The van der Waals surface area contributed by atoms with Gasteiger partial charge >= 0.3 is 5.97 Å². The molecule has 0 spiro atoms. The summed E-state index contributed by atoms with van der Waals surface area (Å²) in [6, 6.07) is 13.9. The summed E-state index contributed by atoms with van der Waals surface area (Å²) < 4.78 is 5.48. The maximum atomic E-state index is 12.4. The zero-order valence-electron chi connectivity index (χ0n) is 16.7. The van der Waals surface area contributed by atoms with E-state index in [1.165, 1.54) is 0 Å². The van der Waals surface area contributed by atoms with E-state index in [9.17, 15) is 14.4 Å². The maximum Gasteiger partial charge on any atom is 0.303 e. The molecule has 0 aliphatic heterocycles. The van der Waals surface area contributed by atoms with Crippen LogP contribution in [-0.2, 0) is 11.3 Å². The minimum Gasteiger partial charge on any atom is -0.494 e. The molecule has 0 bridgehead atoms. The standard InChI is InChI=1S/C22H26N2O5/c1-3-24(2)22(28)18-7-4-6-17(14-18)21(27)23-15-16-9-11-19(12-10-16)29-13-5-8-20(25)26/h4,6-7,9-12,14H,3,5,8,13,15H2,1-2H3,(H,23,27)(H,25,26). The van der Waals surface area contributed by atoms with Gasteiger partial charge in [-0.15, -0.1) is 0 Å². The molecule has 7 heteroatoms. The van der Waals surface area contributed by atoms with Crippen LogP contribution in [0.3, 0.4) is 0 Å². The number of carbonyl (C=O) groups is 3. The van der Waals surface area contributed by atoms with Crippen LogP contribution < -0.4 is 10.1 Å². The Kier molecular flexibility index (Phi) is 8.21. The molecule has 2 aromatic rings. The number of carboxylic acids is 1. The number of hydrogen-bond acceptors (Lipinski definition) is 4. The highest BCUT2D eigenvalue weighted by Gasteiger charge is 2.13. The molecule has 2 amide bonds. The predicted octanol–water partition coefficient (Wildman–Crippen LogP) is 2.95. The molecule has 7 nitrogen and oxygen atoms in total. The van der Waals surface area contributed by atoms with Gasteiger partial charge in [-0.05, 0) is 49.2 Å². The van der Waals surface area contributed by atoms with Gasteiger partial charge < -0.3 is 20.1 Å². The van der Waals surface area contributed by atoms with Crippen LogP contribution in [0.2, 0.25) is 0 Å². The SMILES string of the molecule is CCN(C)C(=O)c1cccc(C(=O)NCc2ccc(OCCCC(=O)O)cc2)c1. The number of amides is 2. The Morgan fingerprint density at radius 1 is 1.07 bits per heavy atom. The monoisotopic (exact) mass is 398 g/mol. The number of nitrogens with one attached hydrogen (secondary N) is 1. The Morgan fingerprint density at radius 3 is 2.41 bits per heavy atom. The van der Waals surface area contributed by atoms with Gasteiger partial charge in [0, 0.05) is 37.7 Å². The largest absolute Gasteiger partial charge is 0.494 e. The van der Waals surface area contributed by atoms with Crippen molar-refractivity contribution in [2.24, 2.45) is 0 Å². The van der Waals surface area contributed by atoms with Gasteiger partial charge in [0.2, 0.25) is 0 Å². The van der Waals surface area contributed by atoms with Crippen LogP contribution in [-0.4, -0.2) is 48.0 Å². The van der Waals surface area contributed by atoms with Crippen LogP contribution in [0.15, 0.2) is 48.5 Å². The fraction of sp³-hybridized carbons (Fsp3) is 0.318. The van der Waals surface area contributed by atoms with Crippen molar-refractivity contribution in [1.29, 1.82) is 0 Å². The average Bonchev–Trinajstić information content (AvgIpc) is 2.74. The van der Waals surface area contributed by atoms with Crippen LogP contribution in [0.4, 0.5) is 0 Å². The van der Waals surface area contributed by atoms with E-state index in [0.29, 0.717) is 43.0 Å². The summed E-state index contributed by atoms with van der Waals surface area (Å²) in [5, 5.41) is 11.4. The van der Waals surface area contributed by atoms with Gasteiger partial charge in [0.25, 0.3) is 11.8 Å². The number of benzene rings is 2. The molecule has 0 aliphatic rings. The van der Waals surface area contributed by atoms with E-state index in [1.54, 1.807) is 48.3 Å². The Labute approximate surface area is 170 Å². The van der Waals surface area contributed by atoms with Gasteiger partial charge in [-0.3, -0.25) is 14.4 Å². The molecule has 29 heavy (non-hydrogen) atoms. The lowest BCUT2D eigenvalue weighted by Crippen LogP contribution is -2.27. The second kappa shape index (κ2) is 10.8. The predicted molar refractivity (Wildman–Crippen MR) is 109 cm³/mol. The molecule has 0 saturated heterocycles. The van der Waals surface area contributed by atoms with E-state index >= 15 is 0 Å². The topological polar surface area (TPSA) is 95.9 Å². The van der Waals surface area contributed by atoms with Gasteiger partial charge in [0.15, 0.2) is 0 Å². The summed E-state index contributed by atoms with van der Waals surface area (Å²) in [5.74, 6) is -0.572. The number of nitrogens with zero attached hydrogens (tertiary/aromatic N) is 1. The lowest BCUT2D eigenvalue weighted by Gasteiger charge is -2.15. The van der Waals surface area contributed by atoms with Crippen molar-refractivity contribution in [2.45, 2.75) is 26.3 Å². The minimum absolute atomic E-state index is 0.0750. The zero-order valence-corrected chi connectivity index (χ0v) is 16.7. The van der Waals surface area contributed by atoms with Crippen LogP contribution in [0.5, 0.6) is 5.75 Å². The summed E-state index contributed by atoms with van der Waals surface area (Å²) in [5.41, 5.74) is 1.80. The first-order valence-corrected chi connectivity index (χ1v) is 9.48. The van der Waals surface area contributed by atoms with E-state index in [0.717, 1.165) is 5.56 Å². The highest BCUT2D eigenvalue weighted by atomic mass is 16.5. The van der Waals surface area contributed by atoms with Crippen molar-refractivity contribution < 1.29 is 24.2 Å². The summed E-state index contributed by atoms with van der Waals surface area (Å²) in [6.45, 7) is 3.16. The van der Waals surface area contributed by atoms with E-state index in [1.807, 2.05) is 19.1 Å². The molecule has 0 fully saturated rings. The fourth-order valence-electron chi connectivity index (χ4n) is 2.56. The van der Waals surface area contributed by atoms with Crippen LogP contribution >= 0.6 is 0 Å². The molecule has 2 rings (SSSR count). The smallest absolute Gasteiger partial charge is 0.303 e. The quantitative estimate of drug-likeness (QED) is 0.600. The number of carboxylic acid groups (broad SMARTS) is 1. The van der Waals surface area contributed by atoms with Crippen molar-refractivity contribution in [3.8, 4) is 5.75 Å². The van der Waals surface area contributed by atoms with Crippen molar-refractivity contribution in [3.05, 3.63) is 65.2 Å². The van der Waals surface area contributed by atoms with Crippen LogP contribution in [0.25, 0.3) is 0 Å². The molecule has 2 aromatic carbocycles. The number of carbonyl (C=O) groups excluding carboxylic acids is 2. The molecule has 154 valence electrons. The molecule has 0 aliphatic carbocycles. The zero-order chi connectivity index (χ0) is 21.2. The van der Waals surface area contributed by atoms with Crippen molar-refractivity contribution in [3.63, 3.8) is 0 Å². The van der Waals surface area contributed by atoms with Gasteiger partial charge in [-0.2, -0.15) is 0 Å². The maximum absolute atomic E-state index is 12.4. The lowest BCUT2D eigenvalue weighted by molar-refractivity contribution is -0.137. The Hall–Kier alpha value is -3.35. The molecule has 0 unspecified atom stereocenters. The molecule has 0 atom stereocenters. The first-order chi connectivity index (χ1) is 13.9. The second-order valence-electron chi connectivity index (χ2n) is 6.57. The number of hydrogen-bond donors (Lipinski definition) is 2. The van der Waals surface area contributed by atoms with Gasteiger partial charge in [0.05, 0.1) is 6.61 Å². The third kappa shape index (κ3) is 6.95. The fourth-order valence-corrected chi connectivity index (χ4v) is 2.56. The summed E-state index contributed by atoms with van der Waals surface area (Å²) >= 11 is 0. The number of ether oxygens (including phenoxy) is 1. The van der Waals surface area contributed by atoms with Gasteiger partial charge in [-0.1, -0.05) is 18.2 Å². The number of aliphatic carboxylic acids is 1. The Balaban J connectivity index is 1.87. The molecule has 0 radical (unpaired) electrons. The summed E-state index contributed by atoms with van der Waals surface area (Å²) in [6.07, 6.45) is 0.522. The second-order valence-corrected chi connectivity index (χ2v) is 6.57. The van der Waals surface area contributed by atoms with Crippen molar-refractivity contribution in [2.75, 3.05) is 20.2 Å². The first kappa shape index (κ1) is 21.9. The molecular formula is C22H26N2O5. The Bertz CT molecular complexity index is 849. The number of rotatable bonds is 10. The summed E-state index contributed by atoms with van der Waals surface area (Å²) in [4.78, 5) is 36.7. The van der Waals surface area contributed by atoms with E-state index in [4.69, 9.17) is 9.84 Å². The Morgan fingerprint density at radius 2 is 1.76 bits per heavy atom. The molecule has 2 N–H and O–H groups in total. The molecule has 0 heterocycles. The average molecular weight is 398 g/mol. The third-order valence-corrected chi connectivity index (χ3v) is 4.37. The van der Waals surface area contributed by atoms with E-state index in [2.05, 4.69) is 5.32 Å². The normalized spacial score (nSPS) is 10.3. The molecular weight excluding hydrogens is 372 g/mol. The van der Waals surface area contributed by atoms with Crippen molar-refractivity contribution >= 4 is 17.8 Å². The van der Waals surface area contributed by atoms with Crippen LogP contribution in [0, 0.1) is 0 Å². The van der Waals surface area contributed by atoms with E-state index in [-0.39, 0.29) is 18.2 Å². The highest BCUT2D eigenvalue weighted by Crippen LogP contribution is 2.13. The van der Waals surface area contributed by atoms with Gasteiger partial charge in [-0.25, -0.2) is 0 Å². The highest BCUT2D eigenvalue weighted by molar-refractivity contribution is 5.99.